The van der Waals surface area contributed by atoms with Crippen LogP contribution in [-0.2, 0) is 6.54 Å². The van der Waals surface area contributed by atoms with E-state index in [1.807, 2.05) is 18.2 Å². The predicted molar refractivity (Wildman–Crippen MR) is 115 cm³/mol. The second-order valence-electron chi connectivity index (χ2n) is 6.92. The number of imidazole rings is 1. The minimum absolute atomic E-state index is 0.0104. The number of benzene rings is 1. The first kappa shape index (κ1) is 21.7. The van der Waals surface area contributed by atoms with Crippen LogP contribution in [0.25, 0.3) is 17.1 Å². The Bertz CT molecular complexity index is 1300. The molecule has 0 amide bonds. The van der Waals surface area contributed by atoms with E-state index in [0.29, 0.717) is 17.1 Å². The van der Waals surface area contributed by atoms with Crippen LogP contribution in [-0.4, -0.2) is 29.7 Å². The number of thioether (sulfide) groups is 1. The number of rotatable bonds is 5. The van der Waals surface area contributed by atoms with Crippen molar-refractivity contribution in [2.45, 2.75) is 23.9 Å². The maximum absolute atomic E-state index is 13.0. The normalized spacial score (nSPS) is 11.6. The van der Waals surface area contributed by atoms with E-state index >= 15 is 0 Å². The lowest BCUT2D eigenvalue weighted by Gasteiger charge is -2.07. The summed E-state index contributed by atoms with van der Waals surface area (Å²) in [5, 5.41) is 10.6. The summed E-state index contributed by atoms with van der Waals surface area (Å²) in [4.78, 5) is 21.6. The van der Waals surface area contributed by atoms with Gasteiger partial charge in [0.1, 0.15) is 0 Å². The average Bonchev–Trinajstić information content (AvgIpc) is 2.97. The minimum Gasteiger partial charge on any atom is -0.493 e. The van der Waals surface area contributed by atoms with Crippen molar-refractivity contribution in [1.82, 2.24) is 19.1 Å². The number of pyridine rings is 2. The number of alkyl halides is 3. The Hall–Kier alpha value is -3.53. The summed E-state index contributed by atoms with van der Waals surface area (Å²) in [6, 6.07) is 14.3. The molecule has 0 aliphatic carbocycles. The van der Waals surface area contributed by atoms with Gasteiger partial charge in [-0.3, -0.25) is 14.5 Å². The van der Waals surface area contributed by atoms with Gasteiger partial charge in [0.05, 0.1) is 29.3 Å². The molecule has 1 N–H and O–H groups in total. The molecule has 6 nitrogen and oxygen atoms in total. The van der Waals surface area contributed by atoms with Gasteiger partial charge in [0.15, 0.2) is 0 Å². The molecule has 10 heteroatoms. The molecular weight excluding hydrogens is 441 g/mol. The quantitative estimate of drug-likeness (QED) is 0.436. The zero-order valence-electron chi connectivity index (χ0n) is 16.7. The van der Waals surface area contributed by atoms with Crippen LogP contribution in [0.4, 0.5) is 13.2 Å². The fraction of sp³-hybridized carbons (Fsp3) is 0.136. The van der Waals surface area contributed by atoms with Gasteiger partial charge in [0.2, 0.25) is 5.88 Å². The van der Waals surface area contributed by atoms with Gasteiger partial charge in [-0.2, -0.15) is 13.2 Å². The lowest BCUT2D eigenvalue weighted by Crippen LogP contribution is -2.24. The van der Waals surface area contributed by atoms with Crippen molar-refractivity contribution in [2.24, 2.45) is 0 Å². The standard InChI is InChI=1S/C22H17F3N4O2S/c1-14-20(30)29(16-5-7-17(8-6-16)32-22(23,24)25)21(31)28(14)13-15-9-11-27-19(12-15)18-4-2-3-10-26-18/h2-12,30H,13H2,1H3. The molecule has 164 valence electrons. The molecule has 0 aliphatic rings. The summed E-state index contributed by atoms with van der Waals surface area (Å²) < 4.78 is 40.1. The highest BCUT2D eigenvalue weighted by Gasteiger charge is 2.29. The maximum atomic E-state index is 13.0. The molecule has 1 aromatic carbocycles. The van der Waals surface area contributed by atoms with Gasteiger partial charge in [-0.1, -0.05) is 6.07 Å². The van der Waals surface area contributed by atoms with E-state index in [-0.39, 0.29) is 34.8 Å². The Kier molecular flexibility index (Phi) is 5.79. The van der Waals surface area contributed by atoms with Gasteiger partial charge < -0.3 is 5.11 Å². The van der Waals surface area contributed by atoms with Gasteiger partial charge in [0.25, 0.3) is 0 Å². The van der Waals surface area contributed by atoms with Gasteiger partial charge in [-0.05, 0) is 72.8 Å². The molecule has 3 heterocycles. The number of hydrogen-bond acceptors (Lipinski definition) is 5. The van der Waals surface area contributed by atoms with E-state index < -0.39 is 11.2 Å². The van der Waals surface area contributed by atoms with Crippen LogP contribution in [0.3, 0.4) is 0 Å². The van der Waals surface area contributed by atoms with Crippen molar-refractivity contribution in [3.63, 3.8) is 0 Å². The van der Waals surface area contributed by atoms with E-state index in [2.05, 4.69) is 9.97 Å². The van der Waals surface area contributed by atoms with Crippen LogP contribution in [0, 0.1) is 6.92 Å². The van der Waals surface area contributed by atoms with E-state index in [1.165, 1.54) is 28.8 Å². The number of hydrogen-bond donors (Lipinski definition) is 1. The third-order valence-electron chi connectivity index (χ3n) is 4.78. The molecule has 3 aromatic heterocycles. The highest BCUT2D eigenvalue weighted by atomic mass is 32.2. The lowest BCUT2D eigenvalue weighted by atomic mass is 10.2. The van der Waals surface area contributed by atoms with Crippen molar-refractivity contribution in [1.29, 1.82) is 0 Å². The summed E-state index contributed by atoms with van der Waals surface area (Å²) in [5.74, 6) is -0.273. The third kappa shape index (κ3) is 4.54. The second-order valence-corrected chi connectivity index (χ2v) is 8.06. The molecule has 4 aromatic rings. The van der Waals surface area contributed by atoms with Crippen LogP contribution < -0.4 is 5.69 Å². The molecule has 0 atom stereocenters. The van der Waals surface area contributed by atoms with Crippen LogP contribution in [0.15, 0.2) is 76.7 Å². The smallest absolute Gasteiger partial charge is 0.446 e. The van der Waals surface area contributed by atoms with Crippen LogP contribution in [0.5, 0.6) is 5.88 Å². The summed E-state index contributed by atoms with van der Waals surface area (Å²) >= 11 is -0.243. The Morgan fingerprint density at radius 3 is 2.38 bits per heavy atom. The van der Waals surface area contributed by atoms with Crippen molar-refractivity contribution >= 4 is 11.8 Å². The minimum atomic E-state index is -4.40. The topological polar surface area (TPSA) is 72.9 Å². The fourth-order valence-corrected chi connectivity index (χ4v) is 3.80. The van der Waals surface area contributed by atoms with Crippen molar-refractivity contribution in [3.8, 4) is 23.0 Å². The monoisotopic (exact) mass is 458 g/mol. The summed E-state index contributed by atoms with van der Waals surface area (Å²) in [5.41, 5.74) is -2.19. The average molecular weight is 458 g/mol. The van der Waals surface area contributed by atoms with Crippen LogP contribution in [0.2, 0.25) is 0 Å². The van der Waals surface area contributed by atoms with Gasteiger partial charge >= 0.3 is 11.2 Å². The van der Waals surface area contributed by atoms with Crippen molar-refractivity contribution in [2.75, 3.05) is 0 Å². The molecular formula is C22H17F3N4O2S. The molecule has 0 bridgehead atoms. The van der Waals surface area contributed by atoms with Crippen LogP contribution in [0.1, 0.15) is 11.3 Å². The molecule has 0 unspecified atom stereocenters. The molecule has 0 fully saturated rings. The molecule has 0 radical (unpaired) electrons. The maximum Gasteiger partial charge on any atom is 0.446 e. The third-order valence-corrected chi connectivity index (χ3v) is 5.52. The molecule has 0 spiro atoms. The Balaban J connectivity index is 1.65. The lowest BCUT2D eigenvalue weighted by molar-refractivity contribution is -0.0328. The number of nitrogens with zero attached hydrogens (tertiary/aromatic N) is 4. The van der Waals surface area contributed by atoms with Crippen molar-refractivity contribution in [3.05, 3.63) is 88.7 Å². The highest BCUT2D eigenvalue weighted by molar-refractivity contribution is 8.00. The highest BCUT2D eigenvalue weighted by Crippen LogP contribution is 2.37. The molecule has 32 heavy (non-hydrogen) atoms. The second kappa shape index (κ2) is 8.54. The first-order valence-electron chi connectivity index (χ1n) is 9.46. The van der Waals surface area contributed by atoms with E-state index in [0.717, 1.165) is 10.1 Å². The van der Waals surface area contributed by atoms with Crippen molar-refractivity contribution < 1.29 is 18.3 Å². The van der Waals surface area contributed by atoms with E-state index in [4.69, 9.17) is 0 Å². The van der Waals surface area contributed by atoms with Gasteiger partial charge in [0, 0.05) is 17.3 Å². The SMILES string of the molecule is Cc1c(O)n(-c2ccc(SC(F)(F)F)cc2)c(=O)n1Cc1ccnc(-c2ccccn2)c1. The Labute approximate surface area is 185 Å². The molecule has 4 rings (SSSR count). The Morgan fingerprint density at radius 2 is 1.72 bits per heavy atom. The summed E-state index contributed by atoms with van der Waals surface area (Å²) in [6.45, 7) is 1.78. The van der Waals surface area contributed by atoms with Gasteiger partial charge in [-0.25, -0.2) is 9.36 Å². The zero-order chi connectivity index (χ0) is 22.9. The van der Waals surface area contributed by atoms with Crippen LogP contribution >= 0.6 is 11.8 Å². The first-order valence-corrected chi connectivity index (χ1v) is 10.3. The predicted octanol–water partition coefficient (Wildman–Crippen LogP) is 4.77. The first-order chi connectivity index (χ1) is 15.2. The molecule has 0 saturated heterocycles. The van der Waals surface area contributed by atoms with Gasteiger partial charge in [-0.15, -0.1) is 0 Å². The van der Waals surface area contributed by atoms with E-state index in [9.17, 15) is 23.1 Å². The number of halogens is 3. The van der Waals surface area contributed by atoms with E-state index in [1.54, 1.807) is 31.5 Å². The zero-order valence-corrected chi connectivity index (χ0v) is 17.6. The molecule has 0 aliphatic heterocycles. The Morgan fingerprint density at radius 1 is 1.00 bits per heavy atom. The fourth-order valence-electron chi connectivity index (χ4n) is 3.26. The summed E-state index contributed by atoms with van der Waals surface area (Å²) in [7, 11) is 0. The number of aromatic hydroxyl groups is 1. The summed E-state index contributed by atoms with van der Waals surface area (Å²) in [6.07, 6.45) is 3.28. The number of aromatic nitrogens is 4. The largest absolute Gasteiger partial charge is 0.493 e. The molecule has 0 saturated carbocycles.